The Morgan fingerprint density at radius 2 is 1.93 bits per heavy atom. The molecule has 0 atom stereocenters. The first kappa shape index (κ1) is 20.5. The zero-order valence-corrected chi connectivity index (χ0v) is 17.8. The van der Waals surface area contributed by atoms with Crippen LogP contribution in [0.25, 0.3) is 10.2 Å². The SMILES string of the molecule is Cc1c(C(=O)Nc2ccc(Cl)cc2)sc2ncn(CC(=O)N3CCOCC3)c(=O)c12. The molecule has 30 heavy (non-hydrogen) atoms. The smallest absolute Gasteiger partial charge is 0.266 e. The normalized spacial score (nSPS) is 14.1. The van der Waals surface area contributed by atoms with Crippen LogP contribution in [-0.2, 0) is 16.1 Å². The van der Waals surface area contributed by atoms with Crippen LogP contribution < -0.4 is 10.9 Å². The second-order valence-corrected chi connectivity index (χ2v) is 8.30. The minimum atomic E-state index is -0.332. The molecule has 1 saturated heterocycles. The Hall–Kier alpha value is -2.75. The molecule has 3 heterocycles. The number of amides is 2. The van der Waals surface area contributed by atoms with E-state index in [0.717, 1.165) is 11.3 Å². The molecular formula is C20H19ClN4O4S. The first-order valence-corrected chi connectivity index (χ1v) is 10.5. The molecule has 0 unspecified atom stereocenters. The van der Waals surface area contributed by atoms with Gasteiger partial charge in [-0.25, -0.2) is 4.98 Å². The van der Waals surface area contributed by atoms with Gasteiger partial charge < -0.3 is 15.0 Å². The summed E-state index contributed by atoms with van der Waals surface area (Å²) in [5.41, 5.74) is 0.816. The van der Waals surface area contributed by atoms with Gasteiger partial charge in [-0.05, 0) is 36.8 Å². The van der Waals surface area contributed by atoms with E-state index in [0.29, 0.717) is 57.7 Å². The second kappa shape index (κ2) is 8.55. The number of aryl methyl sites for hydroxylation is 1. The Morgan fingerprint density at radius 1 is 1.23 bits per heavy atom. The summed E-state index contributed by atoms with van der Waals surface area (Å²) in [5, 5.41) is 3.73. The van der Waals surface area contributed by atoms with Gasteiger partial charge in [-0.2, -0.15) is 0 Å². The average Bonchev–Trinajstić information content (AvgIpc) is 3.09. The van der Waals surface area contributed by atoms with Gasteiger partial charge in [0.05, 0.1) is 29.8 Å². The van der Waals surface area contributed by atoms with E-state index < -0.39 is 0 Å². The predicted molar refractivity (Wildman–Crippen MR) is 115 cm³/mol. The molecule has 0 bridgehead atoms. The molecule has 1 N–H and O–H groups in total. The minimum absolute atomic E-state index is 0.0939. The molecule has 0 radical (unpaired) electrons. The summed E-state index contributed by atoms with van der Waals surface area (Å²) < 4.78 is 6.55. The fourth-order valence-electron chi connectivity index (χ4n) is 3.27. The van der Waals surface area contributed by atoms with E-state index in [1.807, 2.05) is 0 Å². The third-order valence-corrected chi connectivity index (χ3v) is 6.35. The van der Waals surface area contributed by atoms with Gasteiger partial charge in [-0.15, -0.1) is 11.3 Å². The van der Waals surface area contributed by atoms with E-state index in [1.165, 1.54) is 10.9 Å². The summed E-state index contributed by atoms with van der Waals surface area (Å²) >= 11 is 7.02. The molecule has 1 fully saturated rings. The van der Waals surface area contributed by atoms with Gasteiger partial charge >= 0.3 is 0 Å². The lowest BCUT2D eigenvalue weighted by Gasteiger charge is -2.26. The van der Waals surface area contributed by atoms with Gasteiger partial charge in [0.2, 0.25) is 5.91 Å². The highest BCUT2D eigenvalue weighted by atomic mass is 35.5. The highest BCUT2D eigenvalue weighted by molar-refractivity contribution is 7.20. The molecule has 0 spiro atoms. The minimum Gasteiger partial charge on any atom is -0.378 e. The highest BCUT2D eigenvalue weighted by Crippen LogP contribution is 2.27. The van der Waals surface area contributed by atoms with Crippen molar-refractivity contribution in [2.45, 2.75) is 13.5 Å². The maximum absolute atomic E-state index is 13.0. The quantitative estimate of drug-likeness (QED) is 0.664. The van der Waals surface area contributed by atoms with Crippen molar-refractivity contribution in [2.24, 2.45) is 0 Å². The topological polar surface area (TPSA) is 93.5 Å². The van der Waals surface area contributed by atoms with Crippen molar-refractivity contribution >= 4 is 50.7 Å². The largest absolute Gasteiger partial charge is 0.378 e. The van der Waals surface area contributed by atoms with Crippen LogP contribution in [0.5, 0.6) is 0 Å². The maximum atomic E-state index is 13.0. The lowest BCUT2D eigenvalue weighted by atomic mass is 10.2. The predicted octanol–water partition coefficient (Wildman–Crippen LogP) is 2.53. The van der Waals surface area contributed by atoms with E-state index in [4.69, 9.17) is 16.3 Å². The van der Waals surface area contributed by atoms with E-state index in [2.05, 4.69) is 10.3 Å². The third-order valence-electron chi connectivity index (χ3n) is 4.90. The number of morpholine rings is 1. The van der Waals surface area contributed by atoms with Gasteiger partial charge in [0, 0.05) is 23.8 Å². The first-order valence-electron chi connectivity index (χ1n) is 9.35. The third kappa shape index (κ3) is 4.09. The van der Waals surface area contributed by atoms with Crippen molar-refractivity contribution < 1.29 is 14.3 Å². The number of nitrogens with zero attached hydrogens (tertiary/aromatic N) is 3. The van der Waals surface area contributed by atoms with E-state index in [1.54, 1.807) is 36.1 Å². The second-order valence-electron chi connectivity index (χ2n) is 6.87. The first-order chi connectivity index (χ1) is 14.4. The van der Waals surface area contributed by atoms with Gasteiger partial charge in [-0.3, -0.25) is 19.0 Å². The zero-order valence-electron chi connectivity index (χ0n) is 16.2. The number of benzene rings is 1. The van der Waals surface area contributed by atoms with Crippen LogP contribution in [0.15, 0.2) is 35.4 Å². The van der Waals surface area contributed by atoms with E-state index in [-0.39, 0.29) is 23.9 Å². The van der Waals surface area contributed by atoms with Crippen molar-refractivity contribution in [1.29, 1.82) is 0 Å². The number of thiophene rings is 1. The molecule has 1 aliphatic heterocycles. The summed E-state index contributed by atoms with van der Waals surface area (Å²) in [4.78, 5) is 45.1. The summed E-state index contributed by atoms with van der Waals surface area (Å²) in [6, 6.07) is 6.76. The number of anilines is 1. The molecule has 2 aromatic heterocycles. The number of aromatic nitrogens is 2. The van der Waals surface area contributed by atoms with Gasteiger partial charge in [-0.1, -0.05) is 11.6 Å². The molecule has 1 aliphatic rings. The van der Waals surface area contributed by atoms with Crippen molar-refractivity contribution in [3.8, 4) is 0 Å². The van der Waals surface area contributed by atoms with Crippen LogP contribution in [0.4, 0.5) is 5.69 Å². The van der Waals surface area contributed by atoms with Crippen LogP contribution in [0.1, 0.15) is 15.2 Å². The molecule has 0 aliphatic carbocycles. The number of carbonyl (C=O) groups excluding carboxylic acids is 2. The number of nitrogens with one attached hydrogen (secondary N) is 1. The molecule has 156 valence electrons. The molecule has 1 aromatic carbocycles. The Kier molecular flexibility index (Phi) is 5.85. The summed E-state index contributed by atoms with van der Waals surface area (Å²) in [6.07, 6.45) is 1.36. The average molecular weight is 447 g/mol. The van der Waals surface area contributed by atoms with Gasteiger partial charge in [0.1, 0.15) is 11.4 Å². The Balaban J connectivity index is 1.59. The van der Waals surface area contributed by atoms with Crippen LogP contribution in [0.3, 0.4) is 0 Å². The van der Waals surface area contributed by atoms with E-state index >= 15 is 0 Å². The number of rotatable bonds is 4. The Labute approximate surface area is 181 Å². The number of hydrogen-bond acceptors (Lipinski definition) is 6. The molecule has 2 amide bonds. The lowest BCUT2D eigenvalue weighted by Crippen LogP contribution is -2.43. The van der Waals surface area contributed by atoms with Crippen molar-refractivity contribution in [2.75, 3.05) is 31.6 Å². The monoisotopic (exact) mass is 446 g/mol. The standard InChI is InChI=1S/C20H19ClN4O4S/c1-12-16-19(30-17(12)18(27)23-14-4-2-13(21)3-5-14)22-11-25(20(16)28)10-15(26)24-6-8-29-9-7-24/h2-5,11H,6-10H2,1H3,(H,23,27). The summed E-state index contributed by atoms with van der Waals surface area (Å²) in [5.74, 6) is -0.483. The summed E-state index contributed by atoms with van der Waals surface area (Å²) in [6.45, 7) is 3.63. The number of carbonyl (C=O) groups is 2. The lowest BCUT2D eigenvalue weighted by molar-refractivity contribution is -0.135. The molecule has 0 saturated carbocycles. The zero-order chi connectivity index (χ0) is 21.3. The Bertz CT molecular complexity index is 1170. The summed E-state index contributed by atoms with van der Waals surface area (Å²) in [7, 11) is 0. The molecule has 4 rings (SSSR count). The van der Waals surface area contributed by atoms with Crippen LogP contribution in [0.2, 0.25) is 5.02 Å². The number of ether oxygens (including phenoxy) is 1. The van der Waals surface area contributed by atoms with Crippen molar-refractivity contribution in [3.05, 3.63) is 56.4 Å². The fourth-order valence-corrected chi connectivity index (χ4v) is 4.43. The number of fused-ring (bicyclic) bond motifs is 1. The van der Waals surface area contributed by atoms with Gasteiger partial charge in [0.15, 0.2) is 0 Å². The van der Waals surface area contributed by atoms with Crippen molar-refractivity contribution in [1.82, 2.24) is 14.5 Å². The Morgan fingerprint density at radius 3 is 2.63 bits per heavy atom. The molecule has 3 aromatic rings. The van der Waals surface area contributed by atoms with Gasteiger partial charge in [0.25, 0.3) is 11.5 Å². The van der Waals surface area contributed by atoms with E-state index in [9.17, 15) is 14.4 Å². The highest BCUT2D eigenvalue weighted by Gasteiger charge is 2.22. The molecule has 8 nitrogen and oxygen atoms in total. The number of halogens is 1. The number of hydrogen-bond donors (Lipinski definition) is 1. The van der Waals surface area contributed by atoms with Crippen molar-refractivity contribution in [3.63, 3.8) is 0 Å². The molecular weight excluding hydrogens is 428 g/mol. The fraction of sp³-hybridized carbons (Fsp3) is 0.300. The maximum Gasteiger partial charge on any atom is 0.266 e. The van der Waals surface area contributed by atoms with Crippen LogP contribution in [-0.4, -0.2) is 52.6 Å². The van der Waals surface area contributed by atoms with Crippen LogP contribution >= 0.6 is 22.9 Å². The van der Waals surface area contributed by atoms with Crippen LogP contribution in [0, 0.1) is 6.92 Å². The molecule has 10 heteroatoms.